The van der Waals surface area contributed by atoms with Crippen LogP contribution in [0.4, 0.5) is 4.79 Å². The van der Waals surface area contributed by atoms with E-state index in [1.54, 1.807) is 18.1 Å². The Morgan fingerprint density at radius 2 is 1.68 bits per heavy atom. The molecule has 1 amide bonds. The van der Waals surface area contributed by atoms with E-state index >= 15 is 0 Å². The molecule has 1 aromatic carbocycles. The maximum absolute atomic E-state index is 13.1. The van der Waals surface area contributed by atoms with Gasteiger partial charge in [0.1, 0.15) is 17.0 Å². The number of hydrogen-bond acceptors (Lipinski definition) is 6. The largest absolute Gasteiger partial charge is 0.497 e. The standard InChI is InChI=1S/C24H37NO6/c1-23(2,3)30-21(27)20(13-16-10-17(15-26)12-19(11-16)29-7)18-8-9-25(14-18)22(28)31-24(4,5)6/h10-12,18,20,26H,8-9,13-15H2,1-7H3/t18-,20-/m0/s1. The van der Waals surface area contributed by atoms with Crippen LogP contribution in [0.5, 0.6) is 5.75 Å². The Hall–Kier alpha value is -2.28. The predicted molar refractivity (Wildman–Crippen MR) is 118 cm³/mol. The number of aliphatic hydroxyl groups excluding tert-OH is 1. The molecule has 1 fully saturated rings. The highest BCUT2D eigenvalue weighted by Crippen LogP contribution is 2.31. The smallest absolute Gasteiger partial charge is 0.410 e. The second-order valence-corrected chi connectivity index (χ2v) is 10.2. The summed E-state index contributed by atoms with van der Waals surface area (Å²) in [6.45, 7) is 11.9. The number of hydrogen-bond donors (Lipinski definition) is 1. The molecule has 0 bridgehead atoms. The van der Waals surface area contributed by atoms with Gasteiger partial charge in [-0.15, -0.1) is 0 Å². The van der Waals surface area contributed by atoms with E-state index in [0.29, 0.717) is 31.7 Å². The van der Waals surface area contributed by atoms with E-state index in [0.717, 1.165) is 11.1 Å². The Morgan fingerprint density at radius 3 is 2.23 bits per heavy atom. The van der Waals surface area contributed by atoms with E-state index in [2.05, 4.69) is 0 Å². The second kappa shape index (κ2) is 9.90. The first-order valence-corrected chi connectivity index (χ1v) is 10.8. The lowest BCUT2D eigenvalue weighted by Gasteiger charge is -2.28. The van der Waals surface area contributed by atoms with Crippen LogP contribution < -0.4 is 4.74 Å². The summed E-state index contributed by atoms with van der Waals surface area (Å²) in [4.78, 5) is 27.3. The van der Waals surface area contributed by atoms with Crippen molar-refractivity contribution in [1.29, 1.82) is 0 Å². The van der Waals surface area contributed by atoms with Gasteiger partial charge in [0, 0.05) is 13.1 Å². The van der Waals surface area contributed by atoms with Crippen molar-refractivity contribution >= 4 is 12.1 Å². The number of likely N-dealkylation sites (tertiary alicyclic amines) is 1. The van der Waals surface area contributed by atoms with Gasteiger partial charge in [0.15, 0.2) is 0 Å². The number of rotatable bonds is 6. The number of esters is 1. The lowest BCUT2D eigenvalue weighted by molar-refractivity contribution is -0.161. The molecule has 174 valence electrons. The third-order valence-electron chi connectivity index (χ3n) is 5.05. The third kappa shape index (κ3) is 7.73. The number of amides is 1. The molecule has 0 spiro atoms. The Bertz CT molecular complexity index is 755. The van der Waals surface area contributed by atoms with Gasteiger partial charge in [-0.3, -0.25) is 4.79 Å². The van der Waals surface area contributed by atoms with Crippen LogP contribution >= 0.6 is 0 Å². The van der Waals surface area contributed by atoms with Gasteiger partial charge in [0.2, 0.25) is 0 Å². The van der Waals surface area contributed by atoms with E-state index in [4.69, 9.17) is 14.2 Å². The molecule has 1 aliphatic rings. The molecule has 7 heteroatoms. The number of carbonyl (C=O) groups is 2. The molecule has 1 heterocycles. The Labute approximate surface area is 185 Å². The van der Waals surface area contributed by atoms with Crippen molar-refractivity contribution in [2.24, 2.45) is 11.8 Å². The molecule has 1 N–H and O–H groups in total. The summed E-state index contributed by atoms with van der Waals surface area (Å²) in [7, 11) is 1.57. The maximum Gasteiger partial charge on any atom is 0.410 e. The lowest BCUT2D eigenvalue weighted by atomic mass is 9.85. The lowest BCUT2D eigenvalue weighted by Crippen LogP contribution is -2.38. The minimum absolute atomic E-state index is 0.0499. The van der Waals surface area contributed by atoms with Gasteiger partial charge < -0.3 is 24.2 Å². The Balaban J connectivity index is 2.24. The highest BCUT2D eigenvalue weighted by atomic mass is 16.6. The summed E-state index contributed by atoms with van der Waals surface area (Å²) >= 11 is 0. The fourth-order valence-corrected chi connectivity index (χ4v) is 3.74. The second-order valence-electron chi connectivity index (χ2n) is 10.2. The van der Waals surface area contributed by atoms with Crippen LogP contribution in [-0.2, 0) is 27.3 Å². The Kier molecular flexibility index (Phi) is 7.98. The fourth-order valence-electron chi connectivity index (χ4n) is 3.74. The fraction of sp³-hybridized carbons (Fsp3) is 0.667. The van der Waals surface area contributed by atoms with Crippen LogP contribution in [-0.4, -0.2) is 53.5 Å². The van der Waals surface area contributed by atoms with Gasteiger partial charge in [-0.05, 0) is 83.6 Å². The molecule has 7 nitrogen and oxygen atoms in total. The van der Waals surface area contributed by atoms with E-state index in [1.807, 2.05) is 53.7 Å². The summed E-state index contributed by atoms with van der Waals surface area (Å²) in [5, 5.41) is 9.57. The molecule has 0 saturated carbocycles. The zero-order chi connectivity index (χ0) is 23.4. The van der Waals surface area contributed by atoms with Gasteiger partial charge in [0.05, 0.1) is 19.6 Å². The zero-order valence-corrected chi connectivity index (χ0v) is 19.9. The monoisotopic (exact) mass is 435 g/mol. The zero-order valence-electron chi connectivity index (χ0n) is 19.9. The minimum atomic E-state index is -0.608. The van der Waals surface area contributed by atoms with E-state index in [9.17, 15) is 14.7 Å². The molecule has 0 aromatic heterocycles. The van der Waals surface area contributed by atoms with Crippen molar-refractivity contribution in [2.75, 3.05) is 20.2 Å². The summed E-state index contributed by atoms with van der Waals surface area (Å²) < 4.78 is 16.6. The summed E-state index contributed by atoms with van der Waals surface area (Å²) in [5.74, 6) is -0.125. The molecule has 0 radical (unpaired) electrons. The molecule has 0 aliphatic carbocycles. The third-order valence-corrected chi connectivity index (χ3v) is 5.05. The first kappa shape index (κ1) is 25.0. The van der Waals surface area contributed by atoms with Crippen LogP contribution in [0.15, 0.2) is 18.2 Å². The highest BCUT2D eigenvalue weighted by Gasteiger charge is 2.39. The minimum Gasteiger partial charge on any atom is -0.497 e. The van der Waals surface area contributed by atoms with Crippen LogP contribution in [0.25, 0.3) is 0 Å². The quantitative estimate of drug-likeness (QED) is 0.681. The van der Waals surface area contributed by atoms with Gasteiger partial charge in [-0.1, -0.05) is 6.07 Å². The van der Waals surface area contributed by atoms with E-state index in [-0.39, 0.29) is 24.6 Å². The van der Waals surface area contributed by atoms with Gasteiger partial charge in [-0.25, -0.2) is 4.79 Å². The van der Waals surface area contributed by atoms with Crippen molar-refractivity contribution in [2.45, 2.75) is 72.2 Å². The first-order valence-electron chi connectivity index (χ1n) is 10.8. The summed E-state index contributed by atoms with van der Waals surface area (Å²) in [5.41, 5.74) is 0.429. The van der Waals surface area contributed by atoms with Crippen LogP contribution in [0.3, 0.4) is 0 Å². The van der Waals surface area contributed by atoms with Crippen LogP contribution in [0.2, 0.25) is 0 Å². The number of carbonyl (C=O) groups excluding carboxylic acids is 2. The van der Waals surface area contributed by atoms with Crippen molar-refractivity contribution in [1.82, 2.24) is 4.90 Å². The number of ether oxygens (including phenoxy) is 3. The number of methoxy groups -OCH3 is 1. The highest BCUT2D eigenvalue weighted by molar-refractivity contribution is 5.74. The number of aliphatic hydroxyl groups is 1. The molecule has 2 rings (SSSR count). The van der Waals surface area contributed by atoms with E-state index < -0.39 is 17.1 Å². The van der Waals surface area contributed by atoms with Crippen molar-refractivity contribution in [3.05, 3.63) is 29.3 Å². The molecule has 2 atom stereocenters. The van der Waals surface area contributed by atoms with Gasteiger partial charge in [0.25, 0.3) is 0 Å². The molecular formula is C24H37NO6. The van der Waals surface area contributed by atoms with Crippen molar-refractivity contribution in [3.8, 4) is 5.75 Å². The molecule has 0 unspecified atom stereocenters. The molecule has 1 aromatic rings. The SMILES string of the molecule is COc1cc(CO)cc(C[C@H](C(=O)OC(C)(C)C)[C@H]2CCN(C(=O)OC(C)(C)C)C2)c1. The topological polar surface area (TPSA) is 85.3 Å². The van der Waals surface area contributed by atoms with Gasteiger partial charge >= 0.3 is 12.1 Å². The summed E-state index contributed by atoms with van der Waals surface area (Å²) in [6.07, 6.45) is 0.772. The average Bonchev–Trinajstić information content (AvgIpc) is 3.13. The van der Waals surface area contributed by atoms with Gasteiger partial charge in [-0.2, -0.15) is 0 Å². The molecule has 31 heavy (non-hydrogen) atoms. The van der Waals surface area contributed by atoms with Crippen molar-refractivity contribution in [3.63, 3.8) is 0 Å². The molecule has 1 aliphatic heterocycles. The number of benzene rings is 1. The van der Waals surface area contributed by atoms with E-state index in [1.165, 1.54) is 0 Å². The predicted octanol–water partition coefficient (Wildman–Crippen LogP) is 3.94. The Morgan fingerprint density at radius 1 is 1.06 bits per heavy atom. The summed E-state index contributed by atoms with van der Waals surface area (Å²) in [6, 6.07) is 5.52. The number of nitrogens with zero attached hydrogens (tertiary/aromatic N) is 1. The first-order chi connectivity index (χ1) is 14.3. The molecular weight excluding hydrogens is 398 g/mol. The van der Waals surface area contributed by atoms with Crippen LogP contribution in [0, 0.1) is 11.8 Å². The maximum atomic E-state index is 13.1. The van der Waals surface area contributed by atoms with Crippen molar-refractivity contribution < 1.29 is 28.9 Å². The normalized spacial score (nSPS) is 17.9. The average molecular weight is 436 g/mol. The molecule has 1 saturated heterocycles. The van der Waals surface area contributed by atoms with Crippen LogP contribution in [0.1, 0.15) is 59.1 Å².